The Bertz CT molecular complexity index is 529. The zero-order valence-corrected chi connectivity index (χ0v) is 12.5. The van der Waals surface area contributed by atoms with Crippen molar-refractivity contribution in [2.75, 3.05) is 13.2 Å². The van der Waals surface area contributed by atoms with E-state index in [2.05, 4.69) is 5.32 Å². The molecular weight excluding hydrogens is 297 g/mol. The quantitative estimate of drug-likeness (QED) is 0.649. The Kier molecular flexibility index (Phi) is 5.17. The van der Waals surface area contributed by atoms with E-state index >= 15 is 0 Å². The molecule has 4 nitrogen and oxygen atoms in total. The van der Waals surface area contributed by atoms with Gasteiger partial charge in [-0.25, -0.2) is 4.39 Å². The molecule has 21 heavy (non-hydrogen) atoms. The highest BCUT2D eigenvalue weighted by atomic mass is 35.5. The van der Waals surface area contributed by atoms with Gasteiger partial charge in [-0.1, -0.05) is 17.7 Å². The lowest BCUT2D eigenvalue weighted by molar-refractivity contribution is -0.145. The Hall–Kier alpha value is -1.62. The SMILES string of the molecule is CC(=O)NCCCOC(=O)[C@H]1C[C@H]1c1c(F)cccc1Cl. The monoisotopic (exact) mass is 313 g/mol. The molecule has 0 bridgehead atoms. The van der Waals surface area contributed by atoms with Crippen LogP contribution in [0.4, 0.5) is 4.39 Å². The Labute approximate surface area is 127 Å². The standard InChI is InChI=1S/C15H17ClFNO3/c1-9(19)18-6-3-7-21-15(20)11-8-10(11)14-12(16)4-2-5-13(14)17/h2,4-5,10-11H,3,6-8H2,1H3,(H,18,19)/t10-,11+/m1/s1. The number of benzene rings is 1. The lowest BCUT2D eigenvalue weighted by Crippen LogP contribution is -2.22. The molecule has 1 fully saturated rings. The number of amides is 1. The van der Waals surface area contributed by atoms with Crippen molar-refractivity contribution in [1.82, 2.24) is 5.32 Å². The molecule has 0 radical (unpaired) electrons. The van der Waals surface area contributed by atoms with E-state index in [1.807, 2.05) is 0 Å². The van der Waals surface area contributed by atoms with E-state index in [1.54, 1.807) is 12.1 Å². The molecular formula is C15H17ClFNO3. The van der Waals surface area contributed by atoms with Crippen molar-refractivity contribution in [3.8, 4) is 0 Å². The van der Waals surface area contributed by atoms with Crippen molar-refractivity contribution in [2.24, 2.45) is 5.92 Å². The van der Waals surface area contributed by atoms with Crippen molar-refractivity contribution in [3.05, 3.63) is 34.6 Å². The molecule has 0 unspecified atom stereocenters. The van der Waals surface area contributed by atoms with Crippen LogP contribution in [-0.4, -0.2) is 25.0 Å². The summed E-state index contributed by atoms with van der Waals surface area (Å²) in [5.41, 5.74) is 0.402. The highest BCUT2D eigenvalue weighted by Crippen LogP contribution is 2.51. The van der Waals surface area contributed by atoms with Crippen LogP contribution in [0.1, 0.15) is 31.2 Å². The third kappa shape index (κ3) is 4.17. The van der Waals surface area contributed by atoms with Crippen molar-refractivity contribution >= 4 is 23.5 Å². The number of hydrogen-bond acceptors (Lipinski definition) is 3. The van der Waals surface area contributed by atoms with Gasteiger partial charge in [0.2, 0.25) is 5.91 Å². The van der Waals surface area contributed by atoms with Crippen molar-refractivity contribution in [2.45, 2.75) is 25.7 Å². The predicted octanol–water partition coefficient (Wildman–Crippen LogP) is 2.65. The molecule has 1 saturated carbocycles. The summed E-state index contributed by atoms with van der Waals surface area (Å²) in [5.74, 6) is -1.34. The van der Waals surface area contributed by atoms with Crippen LogP contribution in [-0.2, 0) is 14.3 Å². The van der Waals surface area contributed by atoms with E-state index in [0.29, 0.717) is 30.0 Å². The molecule has 0 aromatic heterocycles. The van der Waals surface area contributed by atoms with Crippen LogP contribution in [0.5, 0.6) is 0 Å². The maximum Gasteiger partial charge on any atom is 0.309 e. The first-order valence-electron chi connectivity index (χ1n) is 6.85. The molecule has 6 heteroatoms. The van der Waals surface area contributed by atoms with Crippen LogP contribution in [0.2, 0.25) is 5.02 Å². The van der Waals surface area contributed by atoms with Crippen molar-refractivity contribution in [1.29, 1.82) is 0 Å². The first-order valence-corrected chi connectivity index (χ1v) is 7.23. The fraction of sp³-hybridized carbons (Fsp3) is 0.467. The molecule has 0 spiro atoms. The topological polar surface area (TPSA) is 55.4 Å². The first kappa shape index (κ1) is 15.8. The second-order valence-corrected chi connectivity index (χ2v) is 5.50. The zero-order valence-electron chi connectivity index (χ0n) is 11.7. The lowest BCUT2D eigenvalue weighted by atomic mass is 10.1. The maximum atomic E-state index is 13.7. The summed E-state index contributed by atoms with van der Waals surface area (Å²) in [6.45, 7) is 2.14. The number of ether oxygens (including phenoxy) is 1. The summed E-state index contributed by atoms with van der Waals surface area (Å²) in [7, 11) is 0. The van der Waals surface area contributed by atoms with Crippen LogP contribution < -0.4 is 5.32 Å². The molecule has 1 aliphatic rings. The van der Waals surface area contributed by atoms with Gasteiger partial charge in [-0.15, -0.1) is 0 Å². The molecule has 1 amide bonds. The average molecular weight is 314 g/mol. The number of rotatable bonds is 6. The summed E-state index contributed by atoms with van der Waals surface area (Å²) < 4.78 is 18.9. The van der Waals surface area contributed by atoms with Gasteiger partial charge in [0.15, 0.2) is 0 Å². The third-order valence-electron chi connectivity index (χ3n) is 3.40. The van der Waals surface area contributed by atoms with Crippen LogP contribution in [0, 0.1) is 11.7 Å². The molecule has 0 aliphatic heterocycles. The molecule has 2 rings (SSSR count). The highest BCUT2D eigenvalue weighted by Gasteiger charge is 2.47. The number of nitrogens with one attached hydrogen (secondary N) is 1. The van der Waals surface area contributed by atoms with Crippen LogP contribution in [0.3, 0.4) is 0 Å². The summed E-state index contributed by atoms with van der Waals surface area (Å²) in [6.07, 6.45) is 1.12. The van der Waals surface area contributed by atoms with E-state index in [0.717, 1.165) is 0 Å². The Morgan fingerprint density at radius 1 is 1.48 bits per heavy atom. The highest BCUT2D eigenvalue weighted by molar-refractivity contribution is 6.31. The van der Waals surface area contributed by atoms with Crippen LogP contribution >= 0.6 is 11.6 Å². The summed E-state index contributed by atoms with van der Waals surface area (Å²) in [4.78, 5) is 22.5. The summed E-state index contributed by atoms with van der Waals surface area (Å²) in [6, 6.07) is 4.50. The van der Waals surface area contributed by atoms with E-state index in [-0.39, 0.29) is 36.1 Å². The van der Waals surface area contributed by atoms with E-state index in [4.69, 9.17) is 16.3 Å². The van der Waals surface area contributed by atoms with Gasteiger partial charge in [0, 0.05) is 30.0 Å². The summed E-state index contributed by atoms with van der Waals surface area (Å²) in [5, 5.41) is 2.96. The Balaban J connectivity index is 1.78. The van der Waals surface area contributed by atoms with Gasteiger partial charge < -0.3 is 10.1 Å². The zero-order chi connectivity index (χ0) is 15.4. The minimum atomic E-state index is -0.381. The average Bonchev–Trinajstić information content (AvgIpc) is 3.18. The Morgan fingerprint density at radius 3 is 2.90 bits per heavy atom. The Morgan fingerprint density at radius 2 is 2.24 bits per heavy atom. The second-order valence-electron chi connectivity index (χ2n) is 5.09. The molecule has 0 saturated heterocycles. The smallest absolute Gasteiger partial charge is 0.309 e. The van der Waals surface area contributed by atoms with Gasteiger partial charge in [0.05, 0.1) is 12.5 Å². The minimum Gasteiger partial charge on any atom is -0.465 e. The fourth-order valence-corrected chi connectivity index (χ4v) is 2.56. The van der Waals surface area contributed by atoms with E-state index in [1.165, 1.54) is 13.0 Å². The van der Waals surface area contributed by atoms with Gasteiger partial charge in [-0.05, 0) is 25.0 Å². The van der Waals surface area contributed by atoms with Crippen molar-refractivity contribution in [3.63, 3.8) is 0 Å². The molecule has 1 N–H and O–H groups in total. The number of esters is 1. The summed E-state index contributed by atoms with van der Waals surface area (Å²) >= 11 is 5.98. The number of hydrogen-bond donors (Lipinski definition) is 1. The number of halogens is 2. The number of carbonyl (C=O) groups excluding carboxylic acids is 2. The number of carbonyl (C=O) groups is 2. The molecule has 1 aromatic rings. The normalized spacial score (nSPS) is 20.0. The molecule has 2 atom stereocenters. The minimum absolute atomic E-state index is 0.113. The van der Waals surface area contributed by atoms with E-state index in [9.17, 15) is 14.0 Å². The molecule has 0 heterocycles. The van der Waals surface area contributed by atoms with Crippen LogP contribution in [0.15, 0.2) is 18.2 Å². The van der Waals surface area contributed by atoms with Gasteiger partial charge >= 0.3 is 5.97 Å². The largest absolute Gasteiger partial charge is 0.465 e. The van der Waals surface area contributed by atoms with E-state index < -0.39 is 0 Å². The fourth-order valence-electron chi connectivity index (χ4n) is 2.26. The second kappa shape index (κ2) is 6.89. The molecule has 1 aliphatic carbocycles. The maximum absolute atomic E-state index is 13.7. The predicted molar refractivity (Wildman–Crippen MR) is 76.5 cm³/mol. The first-order chi connectivity index (χ1) is 10.0. The van der Waals surface area contributed by atoms with Gasteiger partial charge in [0.1, 0.15) is 5.82 Å². The molecule has 1 aromatic carbocycles. The van der Waals surface area contributed by atoms with Gasteiger partial charge in [0.25, 0.3) is 0 Å². The van der Waals surface area contributed by atoms with Crippen molar-refractivity contribution < 1.29 is 18.7 Å². The van der Waals surface area contributed by atoms with Crippen LogP contribution in [0.25, 0.3) is 0 Å². The molecule has 114 valence electrons. The third-order valence-corrected chi connectivity index (χ3v) is 3.73. The van der Waals surface area contributed by atoms with Gasteiger partial charge in [-0.3, -0.25) is 9.59 Å². The van der Waals surface area contributed by atoms with Gasteiger partial charge in [-0.2, -0.15) is 0 Å². The lowest BCUT2D eigenvalue weighted by Gasteiger charge is -2.06.